The zero-order chi connectivity index (χ0) is 18.2. The predicted molar refractivity (Wildman–Crippen MR) is 123 cm³/mol. The highest BCUT2D eigenvalue weighted by Crippen LogP contribution is 2.26. The number of aliphatic imine (C=N–C) groups is 1. The number of nitrogens with zero attached hydrogens (tertiary/aromatic N) is 2. The highest BCUT2D eigenvalue weighted by Gasteiger charge is 2.30. The average molecular weight is 486 g/mol. The fourth-order valence-electron chi connectivity index (χ4n) is 4.22. The van der Waals surface area contributed by atoms with Crippen LogP contribution in [-0.4, -0.2) is 56.2 Å². The Morgan fingerprint density at radius 1 is 1.22 bits per heavy atom. The average Bonchev–Trinajstić information content (AvgIpc) is 3.34. The molecule has 27 heavy (non-hydrogen) atoms. The van der Waals surface area contributed by atoms with Gasteiger partial charge in [-0.15, -0.1) is 24.0 Å². The molecule has 1 aliphatic heterocycles. The third kappa shape index (κ3) is 6.52. The molecule has 1 aromatic rings. The van der Waals surface area contributed by atoms with Gasteiger partial charge in [-0.25, -0.2) is 0 Å². The largest absolute Gasteiger partial charge is 0.494 e. The van der Waals surface area contributed by atoms with Crippen molar-refractivity contribution in [3.63, 3.8) is 0 Å². The third-order valence-corrected chi connectivity index (χ3v) is 5.58. The van der Waals surface area contributed by atoms with Gasteiger partial charge in [-0.05, 0) is 44.2 Å². The Kier molecular flexibility index (Phi) is 9.68. The van der Waals surface area contributed by atoms with Gasteiger partial charge in [-0.3, -0.25) is 9.89 Å². The van der Waals surface area contributed by atoms with E-state index in [2.05, 4.69) is 32.7 Å². The van der Waals surface area contributed by atoms with Gasteiger partial charge < -0.3 is 15.4 Å². The molecule has 1 atom stereocenters. The zero-order valence-corrected chi connectivity index (χ0v) is 19.1. The smallest absolute Gasteiger partial charge is 0.191 e. The molecule has 1 aromatic carbocycles. The summed E-state index contributed by atoms with van der Waals surface area (Å²) in [6.07, 6.45) is 7.73. The molecule has 1 saturated heterocycles. The van der Waals surface area contributed by atoms with Crippen LogP contribution in [0.25, 0.3) is 0 Å². The zero-order valence-electron chi connectivity index (χ0n) is 16.7. The summed E-state index contributed by atoms with van der Waals surface area (Å²) in [6, 6.07) is 9.62. The molecule has 0 bridgehead atoms. The molecule has 2 aliphatic rings. The summed E-state index contributed by atoms with van der Waals surface area (Å²) in [7, 11) is 1.85. The monoisotopic (exact) mass is 486 g/mol. The lowest BCUT2D eigenvalue weighted by molar-refractivity contribution is 0.242. The Morgan fingerprint density at radius 2 is 2.00 bits per heavy atom. The van der Waals surface area contributed by atoms with Gasteiger partial charge >= 0.3 is 0 Å². The molecular weight excluding hydrogens is 451 g/mol. The maximum absolute atomic E-state index is 5.71. The Morgan fingerprint density at radius 3 is 2.74 bits per heavy atom. The number of halogens is 1. The van der Waals surface area contributed by atoms with E-state index < -0.39 is 0 Å². The molecule has 3 rings (SSSR count). The van der Waals surface area contributed by atoms with Crippen LogP contribution in [0.5, 0.6) is 5.75 Å². The van der Waals surface area contributed by atoms with E-state index in [9.17, 15) is 0 Å². The van der Waals surface area contributed by atoms with E-state index in [4.69, 9.17) is 4.74 Å². The molecule has 2 fully saturated rings. The van der Waals surface area contributed by atoms with Crippen LogP contribution in [0.15, 0.2) is 29.3 Å². The number of benzene rings is 1. The van der Waals surface area contributed by atoms with Crippen LogP contribution >= 0.6 is 24.0 Å². The first-order valence-electron chi connectivity index (χ1n) is 10.2. The molecule has 5 nitrogen and oxygen atoms in total. The quantitative estimate of drug-likeness (QED) is 0.352. The van der Waals surface area contributed by atoms with Crippen molar-refractivity contribution in [3.8, 4) is 5.75 Å². The summed E-state index contributed by atoms with van der Waals surface area (Å²) >= 11 is 0. The van der Waals surface area contributed by atoms with Crippen molar-refractivity contribution in [2.45, 2.75) is 57.5 Å². The maximum Gasteiger partial charge on any atom is 0.191 e. The first-order chi connectivity index (χ1) is 12.8. The number of likely N-dealkylation sites (tertiary alicyclic amines) is 1. The van der Waals surface area contributed by atoms with E-state index in [1.807, 2.05) is 26.1 Å². The molecule has 2 N–H and O–H groups in total. The van der Waals surface area contributed by atoms with E-state index in [1.165, 1.54) is 44.2 Å². The van der Waals surface area contributed by atoms with Crippen LogP contribution in [0.2, 0.25) is 0 Å². The number of hydrogen-bond donors (Lipinski definition) is 2. The lowest BCUT2D eigenvalue weighted by Gasteiger charge is -2.24. The van der Waals surface area contributed by atoms with Gasteiger partial charge in [0.2, 0.25) is 0 Å². The summed E-state index contributed by atoms with van der Waals surface area (Å²) in [5.74, 6) is 1.90. The summed E-state index contributed by atoms with van der Waals surface area (Å²) in [6.45, 7) is 5.95. The summed E-state index contributed by atoms with van der Waals surface area (Å²) in [5, 5.41) is 7.07. The number of guanidine groups is 1. The summed E-state index contributed by atoms with van der Waals surface area (Å²) in [5.41, 5.74) is 1.24. The van der Waals surface area contributed by atoms with E-state index >= 15 is 0 Å². The van der Waals surface area contributed by atoms with Crippen LogP contribution in [0.3, 0.4) is 0 Å². The highest BCUT2D eigenvalue weighted by molar-refractivity contribution is 14.0. The molecule has 0 aromatic heterocycles. The number of para-hydroxylation sites is 1. The molecule has 1 heterocycles. The van der Waals surface area contributed by atoms with Crippen molar-refractivity contribution in [2.24, 2.45) is 4.99 Å². The van der Waals surface area contributed by atoms with Crippen molar-refractivity contribution in [2.75, 3.05) is 33.3 Å². The van der Waals surface area contributed by atoms with Gasteiger partial charge in [0.25, 0.3) is 0 Å². The van der Waals surface area contributed by atoms with Gasteiger partial charge in [0.05, 0.1) is 6.61 Å². The number of ether oxygens (including phenoxy) is 1. The molecule has 1 saturated carbocycles. The van der Waals surface area contributed by atoms with E-state index in [0.717, 1.165) is 37.3 Å². The Bertz CT molecular complexity index is 589. The fourth-order valence-corrected chi connectivity index (χ4v) is 4.22. The Balaban J connectivity index is 0.00000261. The minimum atomic E-state index is 0. The van der Waals surface area contributed by atoms with Crippen molar-refractivity contribution in [1.82, 2.24) is 15.5 Å². The van der Waals surface area contributed by atoms with Gasteiger partial charge in [0.1, 0.15) is 5.75 Å². The van der Waals surface area contributed by atoms with Crippen LogP contribution < -0.4 is 15.4 Å². The van der Waals surface area contributed by atoms with E-state index in [-0.39, 0.29) is 24.0 Å². The van der Waals surface area contributed by atoms with Crippen molar-refractivity contribution in [3.05, 3.63) is 29.8 Å². The molecule has 152 valence electrons. The summed E-state index contributed by atoms with van der Waals surface area (Å²) in [4.78, 5) is 7.09. The maximum atomic E-state index is 5.71. The van der Waals surface area contributed by atoms with Gasteiger partial charge in [0, 0.05) is 38.8 Å². The molecule has 0 amide bonds. The minimum absolute atomic E-state index is 0. The molecule has 0 spiro atoms. The minimum Gasteiger partial charge on any atom is -0.494 e. The SMILES string of the molecule is CCOc1ccccc1CCNC(=NC)NC1CCN(C2CCCC2)C1.I. The van der Waals surface area contributed by atoms with Crippen molar-refractivity contribution < 1.29 is 4.74 Å². The van der Waals surface area contributed by atoms with E-state index in [0.29, 0.717) is 12.6 Å². The lowest BCUT2D eigenvalue weighted by Crippen LogP contribution is -2.45. The van der Waals surface area contributed by atoms with Gasteiger partial charge in [0.15, 0.2) is 5.96 Å². The topological polar surface area (TPSA) is 48.9 Å². The Labute approximate surface area is 181 Å². The second-order valence-electron chi connectivity index (χ2n) is 7.35. The molecule has 0 radical (unpaired) electrons. The van der Waals surface area contributed by atoms with Crippen LogP contribution in [0, 0.1) is 0 Å². The summed E-state index contributed by atoms with van der Waals surface area (Å²) < 4.78 is 5.71. The molecule has 1 unspecified atom stereocenters. The predicted octanol–water partition coefficient (Wildman–Crippen LogP) is 3.43. The van der Waals surface area contributed by atoms with Crippen LogP contribution in [0.1, 0.15) is 44.6 Å². The van der Waals surface area contributed by atoms with Crippen LogP contribution in [-0.2, 0) is 6.42 Å². The third-order valence-electron chi connectivity index (χ3n) is 5.58. The molecule has 6 heteroatoms. The fraction of sp³-hybridized carbons (Fsp3) is 0.667. The van der Waals surface area contributed by atoms with E-state index in [1.54, 1.807) is 0 Å². The molecular formula is C21H35IN4O. The van der Waals surface area contributed by atoms with Gasteiger partial charge in [-0.1, -0.05) is 31.0 Å². The van der Waals surface area contributed by atoms with Crippen molar-refractivity contribution in [1.29, 1.82) is 0 Å². The number of rotatable bonds is 7. The lowest BCUT2D eigenvalue weighted by atomic mass is 10.1. The van der Waals surface area contributed by atoms with Crippen LogP contribution in [0.4, 0.5) is 0 Å². The standard InChI is InChI=1S/C21H34N4O.HI/c1-3-26-20-11-7-4-8-17(20)12-14-23-21(22-2)24-18-13-15-25(16-18)19-9-5-6-10-19;/h4,7-8,11,18-19H,3,5-6,9-10,12-16H2,1-2H3,(H2,22,23,24);1H. The second-order valence-corrected chi connectivity index (χ2v) is 7.35. The first kappa shape index (κ1) is 22.3. The normalized spacial score (nSPS) is 21.1. The molecule has 1 aliphatic carbocycles. The first-order valence-corrected chi connectivity index (χ1v) is 10.2. The van der Waals surface area contributed by atoms with Crippen molar-refractivity contribution >= 4 is 29.9 Å². The number of hydrogen-bond acceptors (Lipinski definition) is 3. The Hall–Kier alpha value is -1.02. The van der Waals surface area contributed by atoms with Gasteiger partial charge in [-0.2, -0.15) is 0 Å². The highest BCUT2D eigenvalue weighted by atomic mass is 127. The second kappa shape index (κ2) is 11.7. The number of nitrogens with one attached hydrogen (secondary N) is 2.